The molecule has 1 N–H and O–H groups in total. The number of hydrogen-bond donors (Lipinski definition) is 1. The molecule has 170 valence electrons. The van der Waals surface area contributed by atoms with Crippen LogP contribution < -0.4 is 4.74 Å². The number of carbonyl (C=O) groups is 1. The van der Waals surface area contributed by atoms with Crippen molar-refractivity contribution in [3.63, 3.8) is 0 Å². The molecule has 1 aliphatic heterocycles. The van der Waals surface area contributed by atoms with Gasteiger partial charge in [-0.2, -0.15) is 13.2 Å². The Bertz CT molecular complexity index is 1070. The van der Waals surface area contributed by atoms with Gasteiger partial charge in [-0.1, -0.05) is 29.3 Å². The number of alkyl halides is 3. The quantitative estimate of drug-likeness (QED) is 0.611. The third kappa shape index (κ3) is 4.79. The van der Waals surface area contributed by atoms with Gasteiger partial charge in [0, 0.05) is 30.2 Å². The van der Waals surface area contributed by atoms with Crippen LogP contribution in [-0.2, 0) is 24.0 Å². The lowest BCUT2D eigenvalue weighted by molar-refractivity contribution is -0.147. The number of aliphatic carboxylic acids is 1. The van der Waals surface area contributed by atoms with E-state index in [1.807, 2.05) is 12.1 Å². The molecule has 0 amide bonds. The molecular formula is C24H23ClF3NO3. The smallest absolute Gasteiger partial charge is 0.416 e. The first-order valence-electron chi connectivity index (χ1n) is 10.4. The number of nitrogens with zero attached hydrogens (tertiary/aromatic N) is 1. The van der Waals surface area contributed by atoms with Crippen molar-refractivity contribution in [3.05, 3.63) is 69.8 Å². The molecule has 0 bridgehead atoms. The van der Waals surface area contributed by atoms with E-state index in [0.717, 1.165) is 35.6 Å². The van der Waals surface area contributed by atoms with Crippen molar-refractivity contribution < 1.29 is 27.8 Å². The summed E-state index contributed by atoms with van der Waals surface area (Å²) in [5.41, 5.74) is 2.91. The van der Waals surface area contributed by atoms with Crippen LogP contribution in [0.5, 0.6) is 5.75 Å². The van der Waals surface area contributed by atoms with E-state index in [4.69, 9.17) is 21.4 Å². The maximum Gasteiger partial charge on any atom is 0.416 e. The molecule has 1 heterocycles. The number of fused-ring (bicyclic) bond motifs is 1. The predicted molar refractivity (Wildman–Crippen MR) is 116 cm³/mol. The summed E-state index contributed by atoms with van der Waals surface area (Å²) in [7, 11) is 0. The number of ether oxygens (including phenoxy) is 1. The Labute approximate surface area is 189 Å². The van der Waals surface area contributed by atoms with Crippen LogP contribution in [-0.4, -0.2) is 35.6 Å². The standard InChI is InChI=1S/C24H23ClF3NO3/c1-14-2-3-17(21(8-14)24(26,27)28)13-32-19-6-7-20-15(9-19)4-5-16(22(20)25)10-29-11-18(12-29)23(30)31/h2-3,6-9,18H,4-5,10-13H2,1H3,(H,30,31). The van der Waals surface area contributed by atoms with Crippen molar-refractivity contribution in [2.45, 2.75) is 32.5 Å². The van der Waals surface area contributed by atoms with E-state index in [-0.39, 0.29) is 18.1 Å². The van der Waals surface area contributed by atoms with Crippen molar-refractivity contribution in [2.75, 3.05) is 19.6 Å². The third-order valence-electron chi connectivity index (χ3n) is 6.01. The number of aryl methyl sites for hydroxylation is 2. The molecule has 32 heavy (non-hydrogen) atoms. The molecule has 4 nitrogen and oxygen atoms in total. The Hall–Kier alpha value is -2.51. The van der Waals surface area contributed by atoms with Gasteiger partial charge in [0.1, 0.15) is 12.4 Å². The topological polar surface area (TPSA) is 49.8 Å². The fraction of sp³-hybridized carbons (Fsp3) is 0.375. The van der Waals surface area contributed by atoms with Crippen molar-refractivity contribution in [1.29, 1.82) is 0 Å². The minimum absolute atomic E-state index is 0.0928. The highest BCUT2D eigenvalue weighted by atomic mass is 35.5. The van der Waals surface area contributed by atoms with E-state index < -0.39 is 17.7 Å². The summed E-state index contributed by atoms with van der Waals surface area (Å²) < 4.78 is 45.7. The second kappa shape index (κ2) is 8.79. The fourth-order valence-corrected chi connectivity index (χ4v) is 4.52. The van der Waals surface area contributed by atoms with Crippen molar-refractivity contribution in [3.8, 4) is 5.75 Å². The number of benzene rings is 2. The molecule has 1 fully saturated rings. The van der Waals surface area contributed by atoms with Gasteiger partial charge in [-0.3, -0.25) is 9.69 Å². The number of likely N-dealkylation sites (tertiary alicyclic amines) is 1. The van der Waals surface area contributed by atoms with E-state index in [9.17, 15) is 18.0 Å². The largest absolute Gasteiger partial charge is 0.489 e. The molecule has 2 aliphatic rings. The van der Waals surface area contributed by atoms with Gasteiger partial charge in [0.25, 0.3) is 0 Å². The zero-order valence-electron chi connectivity index (χ0n) is 17.5. The maximum absolute atomic E-state index is 13.3. The molecule has 1 saturated heterocycles. The summed E-state index contributed by atoms with van der Waals surface area (Å²) in [6.45, 7) is 3.15. The van der Waals surface area contributed by atoms with Crippen LogP contribution in [0.3, 0.4) is 0 Å². The average Bonchev–Trinajstić information content (AvgIpc) is 2.69. The van der Waals surface area contributed by atoms with E-state index in [0.29, 0.717) is 36.0 Å². The molecule has 2 aromatic rings. The van der Waals surface area contributed by atoms with Crippen LogP contribution in [0, 0.1) is 12.8 Å². The first-order chi connectivity index (χ1) is 15.1. The lowest BCUT2D eigenvalue weighted by Gasteiger charge is -2.38. The highest BCUT2D eigenvalue weighted by Crippen LogP contribution is 2.38. The first kappa shape index (κ1) is 22.7. The molecule has 1 aliphatic carbocycles. The van der Waals surface area contributed by atoms with Gasteiger partial charge in [0.05, 0.1) is 11.5 Å². The molecule has 0 radical (unpaired) electrons. The van der Waals surface area contributed by atoms with Gasteiger partial charge in [-0.05, 0) is 60.7 Å². The van der Waals surface area contributed by atoms with Crippen LogP contribution in [0.1, 0.15) is 34.2 Å². The molecule has 0 saturated carbocycles. The van der Waals surface area contributed by atoms with Gasteiger partial charge in [0.15, 0.2) is 0 Å². The maximum atomic E-state index is 13.3. The number of hydrogen-bond acceptors (Lipinski definition) is 3. The predicted octanol–water partition coefficient (Wildman–Crippen LogP) is 5.51. The molecule has 2 aromatic carbocycles. The number of halogens is 4. The summed E-state index contributed by atoms with van der Waals surface area (Å²) in [4.78, 5) is 13.0. The van der Waals surface area contributed by atoms with Crippen molar-refractivity contribution >= 4 is 22.6 Å². The van der Waals surface area contributed by atoms with Crippen LogP contribution in [0.4, 0.5) is 13.2 Å². The van der Waals surface area contributed by atoms with E-state index in [2.05, 4.69) is 4.90 Å². The Morgan fingerprint density at radius 3 is 2.62 bits per heavy atom. The minimum atomic E-state index is -4.43. The Morgan fingerprint density at radius 1 is 1.19 bits per heavy atom. The molecule has 4 rings (SSSR count). The zero-order valence-corrected chi connectivity index (χ0v) is 18.3. The Morgan fingerprint density at radius 2 is 1.94 bits per heavy atom. The summed E-state index contributed by atoms with van der Waals surface area (Å²) in [6.07, 6.45) is -2.94. The van der Waals surface area contributed by atoms with Gasteiger partial charge >= 0.3 is 12.1 Å². The van der Waals surface area contributed by atoms with Crippen LogP contribution >= 0.6 is 11.6 Å². The van der Waals surface area contributed by atoms with Crippen molar-refractivity contribution in [2.24, 2.45) is 5.92 Å². The van der Waals surface area contributed by atoms with E-state index >= 15 is 0 Å². The van der Waals surface area contributed by atoms with Gasteiger partial charge in [-0.15, -0.1) is 0 Å². The Kier molecular flexibility index (Phi) is 6.23. The molecule has 0 aromatic heterocycles. The molecule has 8 heteroatoms. The normalized spacial score (nSPS) is 17.2. The van der Waals surface area contributed by atoms with Gasteiger partial charge in [-0.25, -0.2) is 0 Å². The number of rotatable bonds is 6. The number of carboxylic acid groups (broad SMARTS) is 1. The summed E-state index contributed by atoms with van der Waals surface area (Å²) >= 11 is 6.62. The van der Waals surface area contributed by atoms with Crippen LogP contribution in [0.2, 0.25) is 0 Å². The van der Waals surface area contributed by atoms with Crippen LogP contribution in [0.25, 0.3) is 5.03 Å². The number of carboxylic acids is 1. The van der Waals surface area contributed by atoms with Crippen molar-refractivity contribution in [1.82, 2.24) is 4.90 Å². The lowest BCUT2D eigenvalue weighted by atomic mass is 9.90. The zero-order chi connectivity index (χ0) is 23.0. The third-order valence-corrected chi connectivity index (χ3v) is 6.48. The average molecular weight is 466 g/mol. The highest BCUT2D eigenvalue weighted by Gasteiger charge is 2.34. The van der Waals surface area contributed by atoms with E-state index in [1.54, 1.807) is 19.1 Å². The van der Waals surface area contributed by atoms with Gasteiger partial charge in [0.2, 0.25) is 0 Å². The highest BCUT2D eigenvalue weighted by molar-refractivity contribution is 6.49. The minimum Gasteiger partial charge on any atom is -0.489 e. The summed E-state index contributed by atoms with van der Waals surface area (Å²) in [5.74, 6) is -0.579. The summed E-state index contributed by atoms with van der Waals surface area (Å²) in [5, 5.41) is 9.68. The monoisotopic (exact) mass is 465 g/mol. The van der Waals surface area contributed by atoms with Crippen LogP contribution in [0.15, 0.2) is 42.0 Å². The molecule has 0 spiro atoms. The Balaban J connectivity index is 1.45. The summed E-state index contributed by atoms with van der Waals surface area (Å²) in [6, 6.07) is 9.61. The molecule has 0 unspecified atom stereocenters. The van der Waals surface area contributed by atoms with E-state index in [1.165, 1.54) is 6.07 Å². The fourth-order valence-electron chi connectivity index (χ4n) is 4.18. The van der Waals surface area contributed by atoms with Gasteiger partial charge < -0.3 is 9.84 Å². The lowest BCUT2D eigenvalue weighted by Crippen LogP contribution is -2.50. The first-order valence-corrected chi connectivity index (χ1v) is 10.7. The molecular weight excluding hydrogens is 443 g/mol. The second-order valence-electron chi connectivity index (χ2n) is 8.41. The SMILES string of the molecule is Cc1ccc(COc2ccc3c(c2)CCC(CN2CC(C(=O)O)C2)=C3Cl)c(C(F)(F)F)c1. The molecule has 0 atom stereocenters. The second-order valence-corrected chi connectivity index (χ2v) is 8.79.